The maximum Gasteiger partial charge on any atom is 0.143 e. The van der Waals surface area contributed by atoms with Crippen LogP contribution >= 0.6 is 0 Å². The van der Waals surface area contributed by atoms with Gasteiger partial charge in [0.1, 0.15) is 22.3 Å². The van der Waals surface area contributed by atoms with E-state index in [9.17, 15) is 0 Å². The summed E-state index contributed by atoms with van der Waals surface area (Å²) in [5.41, 5.74) is 10.9. The van der Waals surface area contributed by atoms with E-state index in [0.717, 1.165) is 54.6 Å². The smallest absolute Gasteiger partial charge is 0.143 e. The van der Waals surface area contributed by atoms with Crippen molar-refractivity contribution in [1.29, 1.82) is 0 Å². The maximum absolute atomic E-state index is 6.56. The lowest BCUT2D eigenvalue weighted by Crippen LogP contribution is -1.91. The average molecular weight is 687 g/mol. The number of benzene rings is 10. The second-order valence-corrected chi connectivity index (χ2v) is 14.4. The largest absolute Gasteiger partial charge is 0.456 e. The third-order valence-electron chi connectivity index (χ3n) is 11.4. The van der Waals surface area contributed by atoms with Crippen molar-refractivity contribution in [2.75, 3.05) is 0 Å². The van der Waals surface area contributed by atoms with Crippen LogP contribution in [-0.2, 0) is 0 Å². The van der Waals surface area contributed by atoms with E-state index in [1.807, 2.05) is 18.2 Å². The molecule has 0 unspecified atom stereocenters. The van der Waals surface area contributed by atoms with Gasteiger partial charge in [-0.05, 0) is 114 Å². The summed E-state index contributed by atoms with van der Waals surface area (Å²) < 4.78 is 12.9. The van der Waals surface area contributed by atoms with E-state index >= 15 is 0 Å². The first kappa shape index (κ1) is 29.4. The minimum atomic E-state index is 0.866. The van der Waals surface area contributed by atoms with Crippen molar-refractivity contribution in [3.63, 3.8) is 0 Å². The number of rotatable bonds is 3. The molecule has 0 amide bonds. The SMILES string of the molecule is c1ccc(-c2c3ccccc3c(-c3ccc4cc(-c5cc6c7ccccc7oc6c6cc7oc8ccccc8c7cc56)ccc4c3)c3ccccc23)cc1. The second kappa shape index (κ2) is 11.2. The summed E-state index contributed by atoms with van der Waals surface area (Å²) in [6.07, 6.45) is 0. The lowest BCUT2D eigenvalue weighted by atomic mass is 9.85. The summed E-state index contributed by atoms with van der Waals surface area (Å²) in [5.74, 6) is 0. The molecule has 2 heteroatoms. The zero-order chi connectivity index (χ0) is 35.3. The van der Waals surface area contributed by atoms with Crippen molar-refractivity contribution in [1.82, 2.24) is 0 Å². The molecule has 2 aromatic heterocycles. The average Bonchev–Trinajstić information content (AvgIpc) is 3.80. The Labute approximate surface area is 310 Å². The van der Waals surface area contributed by atoms with Gasteiger partial charge < -0.3 is 8.83 Å². The molecule has 10 aromatic carbocycles. The molecular weight excluding hydrogens is 657 g/mol. The van der Waals surface area contributed by atoms with Crippen LogP contribution in [0, 0.1) is 0 Å². The zero-order valence-electron chi connectivity index (χ0n) is 29.1. The van der Waals surface area contributed by atoms with Crippen LogP contribution in [-0.4, -0.2) is 0 Å². The van der Waals surface area contributed by atoms with Gasteiger partial charge in [-0.1, -0.05) is 140 Å². The van der Waals surface area contributed by atoms with Crippen molar-refractivity contribution in [3.8, 4) is 33.4 Å². The highest BCUT2D eigenvalue weighted by Gasteiger charge is 2.20. The van der Waals surface area contributed by atoms with Gasteiger partial charge in [0, 0.05) is 26.9 Å². The minimum Gasteiger partial charge on any atom is -0.456 e. The van der Waals surface area contributed by atoms with E-state index in [0.29, 0.717) is 0 Å². The third kappa shape index (κ3) is 4.22. The minimum absolute atomic E-state index is 0.866. The molecule has 0 saturated heterocycles. The Morgan fingerprint density at radius 2 is 0.759 bits per heavy atom. The first-order valence-corrected chi connectivity index (χ1v) is 18.5. The van der Waals surface area contributed by atoms with Crippen LogP contribution in [0.4, 0.5) is 0 Å². The van der Waals surface area contributed by atoms with Crippen LogP contribution in [0.15, 0.2) is 191 Å². The van der Waals surface area contributed by atoms with Crippen LogP contribution in [0.2, 0.25) is 0 Å². The molecule has 0 N–H and O–H groups in total. The van der Waals surface area contributed by atoms with Gasteiger partial charge in [0.2, 0.25) is 0 Å². The molecule has 12 rings (SSSR count). The predicted molar refractivity (Wildman–Crippen MR) is 227 cm³/mol. The summed E-state index contributed by atoms with van der Waals surface area (Å²) in [7, 11) is 0. The monoisotopic (exact) mass is 686 g/mol. The molecule has 250 valence electrons. The van der Waals surface area contributed by atoms with Crippen molar-refractivity contribution in [2.45, 2.75) is 0 Å². The van der Waals surface area contributed by atoms with E-state index in [1.54, 1.807) is 0 Å². The molecule has 0 aliphatic rings. The van der Waals surface area contributed by atoms with Gasteiger partial charge in [0.15, 0.2) is 0 Å². The summed E-state index contributed by atoms with van der Waals surface area (Å²) in [5, 5.41) is 14.1. The van der Waals surface area contributed by atoms with E-state index in [2.05, 4.69) is 164 Å². The van der Waals surface area contributed by atoms with E-state index in [4.69, 9.17) is 8.83 Å². The topological polar surface area (TPSA) is 26.3 Å². The highest BCUT2D eigenvalue weighted by Crippen LogP contribution is 2.46. The summed E-state index contributed by atoms with van der Waals surface area (Å²) >= 11 is 0. The Hall–Kier alpha value is -7.16. The summed E-state index contributed by atoms with van der Waals surface area (Å²) in [4.78, 5) is 0. The lowest BCUT2D eigenvalue weighted by molar-refractivity contribution is 0.667. The Bertz CT molecular complexity index is 3430. The Balaban J connectivity index is 1.08. The van der Waals surface area contributed by atoms with Crippen molar-refractivity contribution >= 4 is 87.0 Å². The Morgan fingerprint density at radius 3 is 1.43 bits per heavy atom. The number of para-hydroxylation sites is 2. The Morgan fingerprint density at radius 1 is 0.259 bits per heavy atom. The zero-order valence-corrected chi connectivity index (χ0v) is 29.1. The molecule has 0 saturated carbocycles. The van der Waals surface area contributed by atoms with Gasteiger partial charge in [-0.2, -0.15) is 0 Å². The number of fused-ring (bicyclic) bond motifs is 11. The van der Waals surface area contributed by atoms with Crippen LogP contribution < -0.4 is 0 Å². The van der Waals surface area contributed by atoms with Gasteiger partial charge >= 0.3 is 0 Å². The summed E-state index contributed by atoms with van der Waals surface area (Å²) in [6.45, 7) is 0. The van der Waals surface area contributed by atoms with Crippen LogP contribution in [0.3, 0.4) is 0 Å². The second-order valence-electron chi connectivity index (χ2n) is 14.4. The van der Waals surface area contributed by atoms with Gasteiger partial charge in [-0.25, -0.2) is 0 Å². The molecule has 2 heterocycles. The van der Waals surface area contributed by atoms with Crippen LogP contribution in [0.1, 0.15) is 0 Å². The fourth-order valence-corrected chi connectivity index (χ4v) is 8.98. The molecule has 0 radical (unpaired) electrons. The number of hydrogen-bond donors (Lipinski definition) is 0. The van der Waals surface area contributed by atoms with E-state index < -0.39 is 0 Å². The quantitative estimate of drug-likeness (QED) is 0.173. The molecule has 54 heavy (non-hydrogen) atoms. The van der Waals surface area contributed by atoms with Crippen LogP contribution in [0.5, 0.6) is 0 Å². The molecule has 0 bridgehead atoms. The normalized spacial score (nSPS) is 12.1. The van der Waals surface area contributed by atoms with Gasteiger partial charge in [0.25, 0.3) is 0 Å². The van der Waals surface area contributed by atoms with Crippen LogP contribution in [0.25, 0.3) is 120 Å². The standard InChI is InChI=1S/C52H30O2/c1-2-12-31(13-3-1)50-38-16-4-6-18-40(38)51(41-19-7-5-17-39(41)50)35-25-23-32-26-34(24-22-33(32)27-35)42-28-45-37-15-9-11-21-48(37)54-52(45)46-30-49-44(29-43(42)46)36-14-8-10-20-47(36)53-49/h1-30H. The molecule has 2 nitrogen and oxygen atoms in total. The third-order valence-corrected chi connectivity index (χ3v) is 11.4. The number of furan rings is 2. The van der Waals surface area contributed by atoms with Gasteiger partial charge in [0.05, 0.1) is 0 Å². The fourth-order valence-electron chi connectivity index (χ4n) is 8.98. The van der Waals surface area contributed by atoms with Crippen molar-refractivity contribution < 1.29 is 8.83 Å². The van der Waals surface area contributed by atoms with Gasteiger partial charge in [-0.15, -0.1) is 0 Å². The highest BCUT2D eigenvalue weighted by atomic mass is 16.3. The van der Waals surface area contributed by atoms with E-state index in [1.165, 1.54) is 65.7 Å². The highest BCUT2D eigenvalue weighted by molar-refractivity contribution is 6.24. The predicted octanol–water partition coefficient (Wildman–Crippen LogP) is 15.1. The van der Waals surface area contributed by atoms with E-state index in [-0.39, 0.29) is 0 Å². The maximum atomic E-state index is 6.56. The molecule has 0 aliphatic carbocycles. The lowest BCUT2D eigenvalue weighted by Gasteiger charge is -2.18. The summed E-state index contributed by atoms with van der Waals surface area (Å²) in [6, 6.07) is 65.7. The fraction of sp³-hybridized carbons (Fsp3) is 0. The first-order chi connectivity index (χ1) is 26.8. The van der Waals surface area contributed by atoms with Crippen molar-refractivity contribution in [3.05, 3.63) is 182 Å². The molecule has 0 spiro atoms. The molecular formula is C52H30O2. The molecule has 0 aliphatic heterocycles. The molecule has 12 aromatic rings. The Kier molecular flexibility index (Phi) is 6.09. The number of hydrogen-bond acceptors (Lipinski definition) is 2. The van der Waals surface area contributed by atoms with Crippen molar-refractivity contribution in [2.24, 2.45) is 0 Å². The molecule has 0 atom stereocenters. The van der Waals surface area contributed by atoms with Gasteiger partial charge in [-0.3, -0.25) is 0 Å². The first-order valence-electron chi connectivity index (χ1n) is 18.5. The molecule has 0 fully saturated rings.